The maximum Gasteiger partial charge on any atom is 0.130 e. The standard InChI is InChI=1S/C12H15F2N/c1-8-4-10(12(14)5-11(8)13)7-15-6-9-2-3-9/h4-5,9,15H,2-3,6-7H2,1H3. The Hall–Kier alpha value is -0.960. The molecule has 0 atom stereocenters. The summed E-state index contributed by atoms with van der Waals surface area (Å²) in [6, 6.07) is 2.54. The molecule has 0 amide bonds. The molecule has 1 aromatic carbocycles. The van der Waals surface area contributed by atoms with Crippen LogP contribution in [0, 0.1) is 24.5 Å². The molecule has 0 aliphatic heterocycles. The average molecular weight is 211 g/mol. The topological polar surface area (TPSA) is 12.0 Å². The van der Waals surface area contributed by atoms with Crippen LogP contribution in [0.3, 0.4) is 0 Å². The highest BCUT2D eigenvalue weighted by molar-refractivity contribution is 5.25. The van der Waals surface area contributed by atoms with Crippen LogP contribution in [0.5, 0.6) is 0 Å². The molecule has 0 saturated heterocycles. The molecule has 0 radical (unpaired) electrons. The smallest absolute Gasteiger partial charge is 0.130 e. The third-order valence-electron chi connectivity index (χ3n) is 2.77. The fraction of sp³-hybridized carbons (Fsp3) is 0.500. The van der Waals surface area contributed by atoms with Crippen molar-refractivity contribution in [1.29, 1.82) is 0 Å². The average Bonchev–Trinajstić information content (AvgIpc) is 2.97. The van der Waals surface area contributed by atoms with Gasteiger partial charge in [0.25, 0.3) is 0 Å². The molecule has 0 unspecified atom stereocenters. The molecular weight excluding hydrogens is 196 g/mol. The van der Waals surface area contributed by atoms with Gasteiger partial charge in [-0.2, -0.15) is 0 Å². The maximum atomic E-state index is 13.3. The molecule has 0 bridgehead atoms. The summed E-state index contributed by atoms with van der Waals surface area (Å²) in [7, 11) is 0. The second kappa shape index (κ2) is 4.27. The molecule has 1 nitrogen and oxygen atoms in total. The number of hydrogen-bond donors (Lipinski definition) is 1. The number of rotatable bonds is 4. The van der Waals surface area contributed by atoms with Gasteiger partial charge in [-0.1, -0.05) is 0 Å². The minimum atomic E-state index is -0.474. The molecule has 0 spiro atoms. The molecule has 1 N–H and O–H groups in total. The molecule has 0 aromatic heterocycles. The van der Waals surface area contributed by atoms with Crippen LogP contribution in [-0.2, 0) is 6.54 Å². The molecule has 1 aromatic rings. The lowest BCUT2D eigenvalue weighted by atomic mass is 10.1. The van der Waals surface area contributed by atoms with Gasteiger partial charge < -0.3 is 5.32 Å². The van der Waals surface area contributed by atoms with Crippen molar-refractivity contribution < 1.29 is 8.78 Å². The fourth-order valence-electron chi connectivity index (χ4n) is 1.59. The van der Waals surface area contributed by atoms with Crippen molar-refractivity contribution in [2.45, 2.75) is 26.3 Å². The van der Waals surface area contributed by atoms with Gasteiger partial charge in [0.1, 0.15) is 11.6 Å². The lowest BCUT2D eigenvalue weighted by Crippen LogP contribution is -2.17. The predicted octanol–water partition coefficient (Wildman–Crippen LogP) is 2.77. The zero-order chi connectivity index (χ0) is 10.8. The second-order valence-corrected chi connectivity index (χ2v) is 4.27. The highest BCUT2D eigenvalue weighted by Crippen LogP contribution is 2.27. The molecule has 1 saturated carbocycles. The molecule has 1 aliphatic carbocycles. The normalized spacial score (nSPS) is 15.7. The first kappa shape index (κ1) is 10.6. The largest absolute Gasteiger partial charge is 0.312 e. The van der Waals surface area contributed by atoms with E-state index in [1.807, 2.05) is 0 Å². The van der Waals surface area contributed by atoms with Gasteiger partial charge in [-0.3, -0.25) is 0 Å². The lowest BCUT2D eigenvalue weighted by molar-refractivity contribution is 0.551. The van der Waals surface area contributed by atoms with Gasteiger partial charge in [-0.05, 0) is 43.9 Å². The fourth-order valence-corrected chi connectivity index (χ4v) is 1.59. The Kier molecular flexibility index (Phi) is 3.00. The Morgan fingerprint density at radius 3 is 2.67 bits per heavy atom. The van der Waals surface area contributed by atoms with Crippen LogP contribution in [-0.4, -0.2) is 6.54 Å². The van der Waals surface area contributed by atoms with E-state index >= 15 is 0 Å². The summed E-state index contributed by atoms with van der Waals surface area (Å²) in [5, 5.41) is 3.19. The Bertz CT molecular complexity index is 359. The molecule has 15 heavy (non-hydrogen) atoms. The van der Waals surface area contributed by atoms with Gasteiger partial charge in [0.15, 0.2) is 0 Å². The summed E-state index contributed by atoms with van der Waals surface area (Å²) in [6.45, 7) is 3.08. The minimum absolute atomic E-state index is 0.457. The highest BCUT2D eigenvalue weighted by Gasteiger charge is 2.20. The van der Waals surface area contributed by atoms with E-state index in [-0.39, 0.29) is 0 Å². The molecule has 82 valence electrons. The van der Waals surface area contributed by atoms with Crippen LogP contribution < -0.4 is 5.32 Å². The van der Waals surface area contributed by atoms with Gasteiger partial charge in [0, 0.05) is 18.2 Å². The van der Waals surface area contributed by atoms with Gasteiger partial charge in [-0.15, -0.1) is 0 Å². The first-order valence-electron chi connectivity index (χ1n) is 5.32. The minimum Gasteiger partial charge on any atom is -0.312 e. The number of nitrogens with one attached hydrogen (secondary N) is 1. The summed E-state index contributed by atoms with van der Waals surface area (Å²) >= 11 is 0. The van der Waals surface area contributed by atoms with Crippen molar-refractivity contribution in [3.05, 3.63) is 34.9 Å². The van der Waals surface area contributed by atoms with Crippen molar-refractivity contribution in [2.24, 2.45) is 5.92 Å². The number of benzene rings is 1. The third-order valence-corrected chi connectivity index (χ3v) is 2.77. The monoisotopic (exact) mass is 211 g/mol. The summed E-state index contributed by atoms with van der Waals surface area (Å²) < 4.78 is 26.3. The molecule has 3 heteroatoms. The van der Waals surface area contributed by atoms with E-state index in [1.54, 1.807) is 13.0 Å². The van der Waals surface area contributed by atoms with Gasteiger partial charge in [-0.25, -0.2) is 8.78 Å². The van der Waals surface area contributed by atoms with E-state index in [0.29, 0.717) is 17.7 Å². The molecule has 0 heterocycles. The molecular formula is C12H15F2N. The van der Waals surface area contributed by atoms with Gasteiger partial charge >= 0.3 is 0 Å². The van der Waals surface area contributed by atoms with E-state index < -0.39 is 11.6 Å². The van der Waals surface area contributed by atoms with E-state index in [2.05, 4.69) is 5.32 Å². The van der Waals surface area contributed by atoms with Crippen LogP contribution in [0.15, 0.2) is 12.1 Å². The number of aryl methyl sites for hydroxylation is 1. The first-order chi connectivity index (χ1) is 7.16. The Morgan fingerprint density at radius 2 is 2.00 bits per heavy atom. The van der Waals surface area contributed by atoms with E-state index in [9.17, 15) is 8.78 Å². The molecule has 1 aliphatic rings. The highest BCUT2D eigenvalue weighted by atomic mass is 19.1. The third kappa shape index (κ3) is 2.75. The van der Waals surface area contributed by atoms with Crippen molar-refractivity contribution >= 4 is 0 Å². The lowest BCUT2D eigenvalue weighted by Gasteiger charge is -2.07. The molecule has 1 fully saturated rings. The van der Waals surface area contributed by atoms with Crippen LogP contribution in [0.2, 0.25) is 0 Å². The van der Waals surface area contributed by atoms with Crippen molar-refractivity contribution in [3.63, 3.8) is 0 Å². The van der Waals surface area contributed by atoms with Crippen LogP contribution in [0.25, 0.3) is 0 Å². The van der Waals surface area contributed by atoms with E-state index in [4.69, 9.17) is 0 Å². The Morgan fingerprint density at radius 1 is 1.27 bits per heavy atom. The van der Waals surface area contributed by atoms with Crippen molar-refractivity contribution in [1.82, 2.24) is 5.32 Å². The van der Waals surface area contributed by atoms with Crippen molar-refractivity contribution in [2.75, 3.05) is 6.54 Å². The summed E-state index contributed by atoms with van der Waals surface area (Å²) in [5.41, 5.74) is 1.05. The summed E-state index contributed by atoms with van der Waals surface area (Å²) in [4.78, 5) is 0. The SMILES string of the molecule is Cc1cc(CNCC2CC2)c(F)cc1F. The van der Waals surface area contributed by atoms with Crippen LogP contribution >= 0.6 is 0 Å². The van der Waals surface area contributed by atoms with Crippen molar-refractivity contribution in [3.8, 4) is 0 Å². The van der Waals surface area contributed by atoms with Crippen LogP contribution in [0.4, 0.5) is 8.78 Å². The maximum absolute atomic E-state index is 13.3. The zero-order valence-electron chi connectivity index (χ0n) is 8.82. The van der Waals surface area contributed by atoms with Gasteiger partial charge in [0.2, 0.25) is 0 Å². The Balaban J connectivity index is 1.96. The number of hydrogen-bond acceptors (Lipinski definition) is 1. The quantitative estimate of drug-likeness (QED) is 0.807. The predicted molar refractivity (Wildman–Crippen MR) is 55.5 cm³/mol. The van der Waals surface area contributed by atoms with E-state index in [1.165, 1.54) is 12.8 Å². The zero-order valence-corrected chi connectivity index (χ0v) is 8.82. The summed E-state index contributed by atoms with van der Waals surface area (Å²) in [5.74, 6) is -0.158. The molecule has 2 rings (SSSR count). The summed E-state index contributed by atoms with van der Waals surface area (Å²) in [6.07, 6.45) is 2.55. The number of halogens is 2. The van der Waals surface area contributed by atoms with E-state index in [0.717, 1.165) is 18.5 Å². The Labute approximate surface area is 88.5 Å². The van der Waals surface area contributed by atoms with Gasteiger partial charge in [0.05, 0.1) is 0 Å². The second-order valence-electron chi connectivity index (χ2n) is 4.27. The van der Waals surface area contributed by atoms with Crippen LogP contribution in [0.1, 0.15) is 24.0 Å². The first-order valence-corrected chi connectivity index (χ1v) is 5.32.